The van der Waals surface area contributed by atoms with Crippen molar-refractivity contribution in [2.24, 2.45) is 0 Å². The van der Waals surface area contributed by atoms with E-state index in [1.165, 1.54) is 48.5 Å². The van der Waals surface area contributed by atoms with E-state index in [0.29, 0.717) is 0 Å². The van der Waals surface area contributed by atoms with Gasteiger partial charge in [-0.25, -0.2) is 8.78 Å². The zero-order chi connectivity index (χ0) is 20.3. The molecule has 0 aliphatic carbocycles. The predicted molar refractivity (Wildman–Crippen MR) is 105 cm³/mol. The van der Waals surface area contributed by atoms with Crippen molar-refractivity contribution in [2.75, 3.05) is 10.6 Å². The van der Waals surface area contributed by atoms with Gasteiger partial charge >= 0.3 is 0 Å². The molecule has 0 saturated heterocycles. The molecule has 0 aliphatic rings. The number of hydrogen-bond donors (Lipinski definition) is 2. The maximum atomic E-state index is 13.8. The van der Waals surface area contributed by atoms with Crippen molar-refractivity contribution in [3.63, 3.8) is 0 Å². The number of carbonyl (C=O) groups is 2. The summed E-state index contributed by atoms with van der Waals surface area (Å²) in [4.78, 5) is 24.7. The van der Waals surface area contributed by atoms with E-state index in [-0.39, 0.29) is 32.5 Å². The van der Waals surface area contributed by atoms with Gasteiger partial charge in [-0.3, -0.25) is 9.59 Å². The predicted octanol–water partition coefficient (Wildman–Crippen LogP) is 5.78. The lowest BCUT2D eigenvalue weighted by atomic mass is 10.1. The molecule has 0 aromatic heterocycles. The molecule has 142 valence electrons. The third kappa shape index (κ3) is 4.65. The molecule has 8 heteroatoms. The number of nitrogens with one attached hydrogen (secondary N) is 2. The lowest BCUT2D eigenvalue weighted by molar-refractivity contribution is 0.102. The van der Waals surface area contributed by atoms with E-state index >= 15 is 0 Å². The van der Waals surface area contributed by atoms with Crippen LogP contribution in [0, 0.1) is 11.6 Å². The summed E-state index contributed by atoms with van der Waals surface area (Å²) in [5.74, 6) is -2.61. The summed E-state index contributed by atoms with van der Waals surface area (Å²) in [6.45, 7) is 0. The Kier molecular flexibility index (Phi) is 5.92. The highest BCUT2D eigenvalue weighted by molar-refractivity contribution is 6.31. The number of carbonyl (C=O) groups excluding carboxylic acids is 2. The van der Waals surface area contributed by atoms with Crippen molar-refractivity contribution >= 4 is 46.4 Å². The van der Waals surface area contributed by atoms with Crippen LogP contribution < -0.4 is 10.6 Å². The van der Waals surface area contributed by atoms with Gasteiger partial charge in [-0.05, 0) is 54.6 Å². The van der Waals surface area contributed by atoms with E-state index in [4.69, 9.17) is 23.2 Å². The summed E-state index contributed by atoms with van der Waals surface area (Å²) in [6.07, 6.45) is 0. The van der Waals surface area contributed by atoms with Crippen LogP contribution >= 0.6 is 23.2 Å². The first kappa shape index (κ1) is 19.8. The molecule has 0 spiro atoms. The molecular weight excluding hydrogens is 409 g/mol. The third-order valence-electron chi connectivity index (χ3n) is 3.75. The second kappa shape index (κ2) is 8.37. The van der Waals surface area contributed by atoms with Gasteiger partial charge in [0.25, 0.3) is 11.8 Å². The van der Waals surface area contributed by atoms with Crippen LogP contribution in [0.2, 0.25) is 10.0 Å². The maximum Gasteiger partial charge on any atom is 0.255 e. The first-order valence-electron chi connectivity index (χ1n) is 7.96. The van der Waals surface area contributed by atoms with E-state index in [1.807, 2.05) is 0 Å². The van der Waals surface area contributed by atoms with Gasteiger partial charge in [0.1, 0.15) is 11.6 Å². The average molecular weight is 421 g/mol. The van der Waals surface area contributed by atoms with Crippen molar-refractivity contribution in [2.45, 2.75) is 0 Å². The number of anilines is 2. The standard InChI is InChI=1S/C20H12Cl2F2N2O2/c21-13-4-6-17(15(23)9-13)25-19(27)11-2-1-3-12(8-11)20(28)26-18-7-5-14(22)10-16(18)24/h1-10H,(H,25,27)(H,26,28). The Morgan fingerprint density at radius 2 is 1.11 bits per heavy atom. The lowest BCUT2D eigenvalue weighted by Crippen LogP contribution is -2.16. The van der Waals surface area contributed by atoms with E-state index < -0.39 is 23.4 Å². The Morgan fingerprint density at radius 3 is 1.50 bits per heavy atom. The minimum atomic E-state index is -0.687. The molecule has 2 N–H and O–H groups in total. The van der Waals surface area contributed by atoms with Gasteiger partial charge in [-0.2, -0.15) is 0 Å². The van der Waals surface area contributed by atoms with Crippen LogP contribution in [0.3, 0.4) is 0 Å². The number of benzene rings is 3. The number of amides is 2. The molecular formula is C20H12Cl2F2N2O2. The second-order valence-corrected chi connectivity index (χ2v) is 6.61. The Hall–Kier alpha value is -2.96. The fraction of sp³-hybridized carbons (Fsp3) is 0. The van der Waals surface area contributed by atoms with E-state index in [1.54, 1.807) is 0 Å². The zero-order valence-electron chi connectivity index (χ0n) is 14.1. The van der Waals surface area contributed by atoms with Crippen LogP contribution in [0.4, 0.5) is 20.2 Å². The van der Waals surface area contributed by atoms with Gasteiger partial charge < -0.3 is 10.6 Å². The van der Waals surface area contributed by atoms with Gasteiger partial charge in [0, 0.05) is 21.2 Å². The van der Waals surface area contributed by atoms with Crippen LogP contribution in [-0.2, 0) is 0 Å². The topological polar surface area (TPSA) is 58.2 Å². The maximum absolute atomic E-state index is 13.8. The molecule has 0 unspecified atom stereocenters. The zero-order valence-corrected chi connectivity index (χ0v) is 15.6. The van der Waals surface area contributed by atoms with Gasteiger partial charge in [-0.15, -0.1) is 0 Å². The van der Waals surface area contributed by atoms with Gasteiger partial charge in [0.15, 0.2) is 0 Å². The highest BCUT2D eigenvalue weighted by Crippen LogP contribution is 2.21. The third-order valence-corrected chi connectivity index (χ3v) is 4.22. The molecule has 0 bridgehead atoms. The van der Waals surface area contributed by atoms with Gasteiger partial charge in [0.2, 0.25) is 0 Å². The van der Waals surface area contributed by atoms with Crippen LogP contribution in [-0.4, -0.2) is 11.8 Å². The van der Waals surface area contributed by atoms with Gasteiger partial charge in [-0.1, -0.05) is 29.3 Å². The first-order valence-corrected chi connectivity index (χ1v) is 8.72. The number of rotatable bonds is 4. The molecule has 3 aromatic carbocycles. The number of halogens is 4. The molecule has 0 radical (unpaired) electrons. The Balaban J connectivity index is 1.77. The molecule has 0 heterocycles. The molecule has 4 nitrogen and oxygen atoms in total. The van der Waals surface area contributed by atoms with Crippen LogP contribution in [0.5, 0.6) is 0 Å². The molecule has 0 fully saturated rings. The quantitative estimate of drug-likeness (QED) is 0.562. The summed E-state index contributed by atoms with van der Waals surface area (Å²) in [6, 6.07) is 13.4. The summed E-state index contributed by atoms with van der Waals surface area (Å²) in [5, 5.41) is 5.21. The normalized spacial score (nSPS) is 10.4. The summed E-state index contributed by atoms with van der Waals surface area (Å²) in [5.41, 5.74) is 0.150. The SMILES string of the molecule is O=C(Nc1ccc(Cl)cc1F)c1cccc(C(=O)Nc2ccc(Cl)cc2F)c1. The minimum absolute atomic E-state index is 0.0486. The smallest absolute Gasteiger partial charge is 0.255 e. The van der Waals surface area contributed by atoms with E-state index in [0.717, 1.165) is 12.1 Å². The van der Waals surface area contributed by atoms with Crippen LogP contribution in [0.15, 0.2) is 60.7 Å². The highest BCUT2D eigenvalue weighted by Gasteiger charge is 2.14. The molecule has 28 heavy (non-hydrogen) atoms. The van der Waals surface area contributed by atoms with Crippen molar-refractivity contribution in [3.05, 3.63) is 93.5 Å². The Bertz CT molecular complexity index is 993. The molecule has 0 atom stereocenters. The molecule has 2 amide bonds. The van der Waals surface area contributed by atoms with Crippen molar-refractivity contribution in [1.82, 2.24) is 0 Å². The summed E-state index contributed by atoms with van der Waals surface area (Å²) < 4.78 is 27.7. The van der Waals surface area contributed by atoms with Crippen molar-refractivity contribution in [3.8, 4) is 0 Å². The largest absolute Gasteiger partial charge is 0.319 e. The molecule has 0 saturated carbocycles. The van der Waals surface area contributed by atoms with E-state index in [2.05, 4.69) is 10.6 Å². The molecule has 3 aromatic rings. The van der Waals surface area contributed by atoms with E-state index in [9.17, 15) is 18.4 Å². The van der Waals surface area contributed by atoms with Crippen LogP contribution in [0.25, 0.3) is 0 Å². The summed E-state index contributed by atoms with van der Waals surface area (Å²) in [7, 11) is 0. The minimum Gasteiger partial charge on any atom is -0.319 e. The van der Waals surface area contributed by atoms with Crippen LogP contribution in [0.1, 0.15) is 20.7 Å². The summed E-state index contributed by atoms with van der Waals surface area (Å²) >= 11 is 11.4. The molecule has 3 rings (SSSR count). The van der Waals surface area contributed by atoms with Crippen molar-refractivity contribution < 1.29 is 18.4 Å². The van der Waals surface area contributed by atoms with Gasteiger partial charge in [0.05, 0.1) is 11.4 Å². The Labute approximate surface area is 169 Å². The average Bonchev–Trinajstić information content (AvgIpc) is 2.66. The lowest BCUT2D eigenvalue weighted by Gasteiger charge is -2.09. The first-order chi connectivity index (χ1) is 13.3. The monoisotopic (exact) mass is 420 g/mol. The fourth-order valence-corrected chi connectivity index (χ4v) is 2.69. The second-order valence-electron chi connectivity index (χ2n) is 5.74. The van der Waals surface area contributed by atoms with Crippen molar-refractivity contribution in [1.29, 1.82) is 0 Å². The fourth-order valence-electron chi connectivity index (χ4n) is 2.37. The highest BCUT2D eigenvalue weighted by atomic mass is 35.5. The molecule has 0 aliphatic heterocycles. The Morgan fingerprint density at radius 1 is 0.679 bits per heavy atom. The number of hydrogen-bond acceptors (Lipinski definition) is 2.